The minimum absolute atomic E-state index is 0.0850. The smallest absolute Gasteiger partial charge is 0.341 e. The zero-order valence-electron chi connectivity index (χ0n) is 19.9. The number of hydrogen-bond acceptors (Lipinski definition) is 4. The van der Waals surface area contributed by atoms with E-state index in [1.807, 2.05) is 34.6 Å². The molecule has 0 saturated heterocycles. The predicted octanol–water partition coefficient (Wildman–Crippen LogP) is 5.45. The summed E-state index contributed by atoms with van der Waals surface area (Å²) in [6, 6.07) is 8.63. The zero-order valence-corrected chi connectivity index (χ0v) is 20.6. The van der Waals surface area contributed by atoms with Crippen LogP contribution in [0, 0.1) is 11.2 Å². The van der Waals surface area contributed by atoms with Gasteiger partial charge in [-0.05, 0) is 43.0 Å². The Morgan fingerprint density at radius 3 is 2.44 bits per heavy atom. The van der Waals surface area contributed by atoms with Crippen LogP contribution in [-0.2, 0) is 6.42 Å². The average Bonchev–Trinajstić information content (AvgIpc) is 2.72. The van der Waals surface area contributed by atoms with Gasteiger partial charge >= 0.3 is 5.97 Å². The molecule has 2 aromatic carbocycles. The highest BCUT2D eigenvalue weighted by Crippen LogP contribution is 2.36. The fourth-order valence-electron chi connectivity index (χ4n) is 4.14. The van der Waals surface area contributed by atoms with E-state index in [2.05, 4.69) is 0 Å². The highest BCUT2D eigenvalue weighted by molar-refractivity contribution is 6.30. The third-order valence-corrected chi connectivity index (χ3v) is 6.03. The standard InChI is InChI=1S/C26H29ClFNO5/c1-14(2)34-16-9-10-17-19(12-16)29(21(13-30)26(3,4)5)20(22(24(17)31)25(32)33)11-15-7-6-8-18(27)23(15)28/h6-10,12,14,21,30H,11,13H2,1-5H3,(H,32,33). The molecule has 1 unspecified atom stereocenters. The topological polar surface area (TPSA) is 88.8 Å². The number of aliphatic hydroxyl groups excluding tert-OH is 1. The zero-order chi connectivity index (χ0) is 25.4. The molecule has 0 aliphatic carbocycles. The highest BCUT2D eigenvalue weighted by atomic mass is 35.5. The van der Waals surface area contributed by atoms with Crippen molar-refractivity contribution >= 4 is 28.5 Å². The molecule has 0 fully saturated rings. The maximum absolute atomic E-state index is 14.9. The summed E-state index contributed by atoms with van der Waals surface area (Å²) < 4.78 is 22.3. The van der Waals surface area contributed by atoms with Crippen LogP contribution in [0.15, 0.2) is 41.2 Å². The normalized spacial score (nSPS) is 12.9. The maximum Gasteiger partial charge on any atom is 0.341 e. The van der Waals surface area contributed by atoms with E-state index in [1.165, 1.54) is 18.2 Å². The van der Waals surface area contributed by atoms with Gasteiger partial charge in [0.15, 0.2) is 0 Å². The lowest BCUT2D eigenvalue weighted by Gasteiger charge is -2.35. The number of ether oxygens (including phenoxy) is 1. The second kappa shape index (κ2) is 9.76. The van der Waals surface area contributed by atoms with E-state index in [0.29, 0.717) is 11.3 Å². The van der Waals surface area contributed by atoms with Gasteiger partial charge in [0.05, 0.1) is 29.3 Å². The van der Waals surface area contributed by atoms with Crippen LogP contribution in [0.4, 0.5) is 4.39 Å². The Kier molecular flexibility index (Phi) is 7.38. The van der Waals surface area contributed by atoms with Crippen molar-refractivity contribution in [2.24, 2.45) is 5.41 Å². The first-order valence-corrected chi connectivity index (χ1v) is 11.4. The number of aromatic nitrogens is 1. The van der Waals surface area contributed by atoms with Crippen molar-refractivity contribution in [3.63, 3.8) is 0 Å². The molecular weight excluding hydrogens is 461 g/mol. The summed E-state index contributed by atoms with van der Waals surface area (Å²) in [5.41, 5.74) is -1.06. The molecule has 182 valence electrons. The van der Waals surface area contributed by atoms with Gasteiger partial charge in [-0.2, -0.15) is 0 Å². The molecule has 0 radical (unpaired) electrons. The molecule has 6 nitrogen and oxygen atoms in total. The van der Waals surface area contributed by atoms with Gasteiger partial charge < -0.3 is 19.5 Å². The molecule has 3 rings (SSSR count). The van der Waals surface area contributed by atoms with Gasteiger partial charge in [-0.3, -0.25) is 4.79 Å². The van der Waals surface area contributed by atoms with Gasteiger partial charge in [-0.1, -0.05) is 44.5 Å². The first kappa shape index (κ1) is 25.7. The maximum atomic E-state index is 14.9. The van der Waals surface area contributed by atoms with E-state index in [1.54, 1.807) is 22.8 Å². The van der Waals surface area contributed by atoms with Crippen LogP contribution >= 0.6 is 11.6 Å². The van der Waals surface area contributed by atoms with Crippen LogP contribution in [0.1, 0.15) is 62.3 Å². The van der Waals surface area contributed by atoms with Crippen LogP contribution in [-0.4, -0.2) is 33.5 Å². The summed E-state index contributed by atoms with van der Waals surface area (Å²) >= 11 is 5.96. The van der Waals surface area contributed by atoms with Crippen LogP contribution in [0.2, 0.25) is 5.02 Å². The average molecular weight is 490 g/mol. The van der Waals surface area contributed by atoms with Crippen molar-refractivity contribution < 1.29 is 24.1 Å². The molecule has 34 heavy (non-hydrogen) atoms. The van der Waals surface area contributed by atoms with Crippen LogP contribution < -0.4 is 10.2 Å². The van der Waals surface area contributed by atoms with Crippen molar-refractivity contribution in [3.8, 4) is 5.75 Å². The number of nitrogens with zero attached hydrogens (tertiary/aromatic N) is 1. The number of carbonyl (C=O) groups is 1. The third-order valence-electron chi connectivity index (χ3n) is 5.74. The van der Waals surface area contributed by atoms with Crippen molar-refractivity contribution in [3.05, 3.63) is 74.3 Å². The number of fused-ring (bicyclic) bond motifs is 1. The lowest BCUT2D eigenvalue weighted by Crippen LogP contribution is -2.34. The second-order valence-corrected chi connectivity index (χ2v) is 10.0. The Balaban J connectivity index is 2.50. The molecule has 0 aliphatic heterocycles. The van der Waals surface area contributed by atoms with E-state index >= 15 is 0 Å². The van der Waals surface area contributed by atoms with Crippen LogP contribution in [0.5, 0.6) is 5.75 Å². The molecule has 3 aromatic rings. The molecule has 1 aromatic heterocycles. The van der Waals surface area contributed by atoms with Gasteiger partial charge in [-0.25, -0.2) is 9.18 Å². The summed E-state index contributed by atoms with van der Waals surface area (Å²) in [6.07, 6.45) is -0.340. The lowest BCUT2D eigenvalue weighted by atomic mass is 9.85. The molecule has 0 amide bonds. The van der Waals surface area contributed by atoms with E-state index in [0.717, 1.165) is 0 Å². The van der Waals surface area contributed by atoms with E-state index in [9.17, 15) is 24.2 Å². The molecular formula is C26H29ClFNO5. The summed E-state index contributed by atoms with van der Waals surface area (Å²) in [6.45, 7) is 9.10. The molecule has 0 spiro atoms. The third kappa shape index (κ3) is 4.95. The van der Waals surface area contributed by atoms with Gasteiger partial charge in [0.25, 0.3) is 0 Å². The fraction of sp³-hybridized carbons (Fsp3) is 0.385. The lowest BCUT2D eigenvalue weighted by molar-refractivity contribution is 0.0690. The molecule has 0 aliphatic rings. The predicted molar refractivity (Wildman–Crippen MR) is 131 cm³/mol. The number of rotatable bonds is 7. The van der Waals surface area contributed by atoms with E-state index in [4.69, 9.17) is 16.3 Å². The number of carboxylic acid groups (broad SMARTS) is 1. The SMILES string of the molecule is CC(C)Oc1ccc2c(=O)c(C(=O)O)c(Cc3cccc(Cl)c3F)n(C(CO)C(C)(C)C)c2c1. The minimum Gasteiger partial charge on any atom is -0.491 e. The first-order chi connectivity index (χ1) is 15.9. The van der Waals surface area contributed by atoms with Crippen molar-refractivity contribution in [1.29, 1.82) is 0 Å². The Bertz CT molecular complexity index is 1290. The number of halogens is 2. The number of aromatic carboxylic acids is 1. The van der Waals surface area contributed by atoms with Crippen LogP contribution in [0.25, 0.3) is 10.9 Å². The Morgan fingerprint density at radius 1 is 1.21 bits per heavy atom. The van der Waals surface area contributed by atoms with Gasteiger partial charge in [0.2, 0.25) is 5.43 Å². The fourth-order valence-corrected chi connectivity index (χ4v) is 4.33. The van der Waals surface area contributed by atoms with Crippen molar-refractivity contribution in [2.75, 3.05) is 6.61 Å². The first-order valence-electron chi connectivity index (χ1n) is 11.0. The largest absolute Gasteiger partial charge is 0.491 e. The molecule has 0 bridgehead atoms. The Labute approximate surface area is 202 Å². The Morgan fingerprint density at radius 2 is 1.88 bits per heavy atom. The Hall–Kier alpha value is -2.90. The number of hydrogen-bond donors (Lipinski definition) is 2. The summed E-state index contributed by atoms with van der Waals surface area (Å²) in [4.78, 5) is 25.7. The number of carboxylic acids is 1. The summed E-state index contributed by atoms with van der Waals surface area (Å²) in [5, 5.41) is 20.5. The number of aliphatic hydroxyl groups is 1. The highest BCUT2D eigenvalue weighted by Gasteiger charge is 2.32. The van der Waals surface area contributed by atoms with E-state index < -0.39 is 34.2 Å². The summed E-state index contributed by atoms with van der Waals surface area (Å²) in [5.74, 6) is -1.62. The van der Waals surface area contributed by atoms with E-state index in [-0.39, 0.29) is 40.8 Å². The molecule has 1 heterocycles. The minimum atomic E-state index is -1.42. The van der Waals surface area contributed by atoms with Crippen molar-refractivity contribution in [1.82, 2.24) is 4.57 Å². The molecule has 2 N–H and O–H groups in total. The summed E-state index contributed by atoms with van der Waals surface area (Å²) in [7, 11) is 0. The quantitative estimate of drug-likeness (QED) is 0.460. The number of pyridine rings is 1. The van der Waals surface area contributed by atoms with Gasteiger partial charge in [0.1, 0.15) is 17.1 Å². The monoisotopic (exact) mass is 489 g/mol. The van der Waals surface area contributed by atoms with Gasteiger partial charge in [-0.15, -0.1) is 0 Å². The van der Waals surface area contributed by atoms with Crippen molar-refractivity contribution in [2.45, 2.75) is 53.2 Å². The second-order valence-electron chi connectivity index (χ2n) is 9.63. The number of benzene rings is 2. The molecule has 8 heteroatoms. The van der Waals surface area contributed by atoms with Crippen LogP contribution in [0.3, 0.4) is 0 Å². The van der Waals surface area contributed by atoms with Gasteiger partial charge in [0, 0.05) is 23.6 Å². The molecule has 1 atom stereocenters. The molecule has 0 saturated carbocycles.